The highest BCUT2D eigenvalue weighted by molar-refractivity contribution is 7.80. The van der Waals surface area contributed by atoms with Gasteiger partial charge in [-0.3, -0.25) is 0 Å². The molecule has 1 aliphatic rings. The summed E-state index contributed by atoms with van der Waals surface area (Å²) >= 11 is 4.23. The van der Waals surface area contributed by atoms with E-state index in [1.807, 2.05) is 0 Å². The van der Waals surface area contributed by atoms with Crippen molar-refractivity contribution in [2.75, 3.05) is 5.75 Å². The Morgan fingerprint density at radius 3 is 2.79 bits per heavy atom. The Labute approximate surface area is 90.9 Å². The number of nitrogens with one attached hydrogen (secondary N) is 1. The van der Waals surface area contributed by atoms with Crippen molar-refractivity contribution in [1.82, 2.24) is 9.97 Å². The van der Waals surface area contributed by atoms with Crippen LogP contribution in [0.5, 0.6) is 0 Å². The molecule has 0 atom stereocenters. The van der Waals surface area contributed by atoms with E-state index in [1.165, 1.54) is 37.1 Å². The van der Waals surface area contributed by atoms with Crippen LogP contribution in [0.2, 0.25) is 0 Å². The summed E-state index contributed by atoms with van der Waals surface area (Å²) < 4.78 is 0. The number of aromatic amines is 1. The van der Waals surface area contributed by atoms with E-state index in [0.717, 1.165) is 23.9 Å². The average molecular weight is 210 g/mol. The van der Waals surface area contributed by atoms with Crippen LogP contribution in [-0.4, -0.2) is 15.7 Å². The van der Waals surface area contributed by atoms with Crippen molar-refractivity contribution in [2.24, 2.45) is 0 Å². The maximum Gasteiger partial charge on any atom is 0.107 e. The standard InChI is InChI=1S/C11H18N2S/c1-8-11(9-4-2-3-5-9)13-10(12-8)6-7-14/h9,14H,2-7H2,1H3,(H,12,13). The molecule has 0 spiro atoms. The zero-order valence-electron chi connectivity index (χ0n) is 8.71. The monoisotopic (exact) mass is 210 g/mol. The molecule has 1 saturated carbocycles. The fraction of sp³-hybridized carbons (Fsp3) is 0.727. The van der Waals surface area contributed by atoms with Crippen molar-refractivity contribution >= 4 is 12.6 Å². The predicted molar refractivity (Wildman–Crippen MR) is 62.1 cm³/mol. The minimum atomic E-state index is 0.722. The first kappa shape index (κ1) is 10.1. The Hall–Kier alpha value is -0.440. The van der Waals surface area contributed by atoms with Crippen LogP contribution in [0.3, 0.4) is 0 Å². The molecule has 78 valence electrons. The second-order valence-corrected chi connectivity index (χ2v) is 4.60. The van der Waals surface area contributed by atoms with Crippen molar-refractivity contribution in [3.63, 3.8) is 0 Å². The van der Waals surface area contributed by atoms with E-state index in [1.54, 1.807) is 0 Å². The van der Waals surface area contributed by atoms with E-state index < -0.39 is 0 Å². The SMILES string of the molecule is Cc1[nH]c(CCS)nc1C1CCCC1. The Balaban J connectivity index is 2.15. The van der Waals surface area contributed by atoms with Gasteiger partial charge in [-0.25, -0.2) is 4.98 Å². The molecule has 1 N–H and O–H groups in total. The number of thiol groups is 1. The molecule has 0 aliphatic heterocycles. The first-order chi connectivity index (χ1) is 6.81. The molecule has 1 aromatic rings. The lowest BCUT2D eigenvalue weighted by atomic mass is 10.0. The molecular weight excluding hydrogens is 192 g/mol. The average Bonchev–Trinajstić information content (AvgIpc) is 2.74. The van der Waals surface area contributed by atoms with Gasteiger partial charge in [0.15, 0.2) is 0 Å². The van der Waals surface area contributed by atoms with Gasteiger partial charge < -0.3 is 4.98 Å². The molecule has 1 fully saturated rings. The summed E-state index contributed by atoms with van der Waals surface area (Å²) in [4.78, 5) is 8.04. The van der Waals surface area contributed by atoms with Crippen LogP contribution in [-0.2, 0) is 6.42 Å². The lowest BCUT2D eigenvalue weighted by molar-refractivity contribution is 0.694. The van der Waals surface area contributed by atoms with E-state index >= 15 is 0 Å². The Kier molecular flexibility index (Phi) is 3.16. The molecule has 0 unspecified atom stereocenters. The molecule has 1 aromatic heterocycles. The van der Waals surface area contributed by atoms with Crippen molar-refractivity contribution in [2.45, 2.75) is 44.9 Å². The van der Waals surface area contributed by atoms with E-state index in [-0.39, 0.29) is 0 Å². The number of aromatic nitrogens is 2. The van der Waals surface area contributed by atoms with Crippen LogP contribution in [0.25, 0.3) is 0 Å². The summed E-state index contributed by atoms with van der Waals surface area (Å²) in [5.41, 5.74) is 2.59. The van der Waals surface area contributed by atoms with Crippen molar-refractivity contribution in [3.8, 4) is 0 Å². The van der Waals surface area contributed by atoms with Crippen LogP contribution in [0.15, 0.2) is 0 Å². The summed E-state index contributed by atoms with van der Waals surface area (Å²) in [6.45, 7) is 2.14. The molecule has 3 heteroatoms. The normalized spacial score (nSPS) is 17.9. The number of hydrogen-bond acceptors (Lipinski definition) is 2. The number of imidazole rings is 1. The van der Waals surface area contributed by atoms with Gasteiger partial charge in [0.2, 0.25) is 0 Å². The van der Waals surface area contributed by atoms with Crippen LogP contribution < -0.4 is 0 Å². The number of rotatable bonds is 3. The summed E-state index contributed by atoms with van der Waals surface area (Å²) in [7, 11) is 0. The minimum Gasteiger partial charge on any atom is -0.346 e. The molecule has 0 radical (unpaired) electrons. The highest BCUT2D eigenvalue weighted by Crippen LogP contribution is 2.34. The molecule has 2 nitrogen and oxygen atoms in total. The number of nitrogens with zero attached hydrogens (tertiary/aromatic N) is 1. The van der Waals surface area contributed by atoms with E-state index in [0.29, 0.717) is 0 Å². The summed E-state index contributed by atoms with van der Waals surface area (Å²) in [6.07, 6.45) is 6.35. The minimum absolute atomic E-state index is 0.722. The molecule has 0 aromatic carbocycles. The molecule has 0 bridgehead atoms. The van der Waals surface area contributed by atoms with Crippen LogP contribution in [0.4, 0.5) is 0 Å². The molecule has 0 saturated heterocycles. The smallest absolute Gasteiger partial charge is 0.107 e. The molecule has 1 heterocycles. The fourth-order valence-corrected chi connectivity index (χ4v) is 2.57. The third-order valence-electron chi connectivity index (χ3n) is 3.06. The van der Waals surface area contributed by atoms with Gasteiger partial charge in [-0.2, -0.15) is 12.6 Å². The van der Waals surface area contributed by atoms with Gasteiger partial charge in [0, 0.05) is 18.0 Å². The first-order valence-electron chi connectivity index (χ1n) is 5.47. The fourth-order valence-electron chi connectivity index (χ4n) is 2.36. The van der Waals surface area contributed by atoms with Crippen molar-refractivity contribution in [1.29, 1.82) is 0 Å². The topological polar surface area (TPSA) is 28.7 Å². The summed E-state index contributed by atoms with van der Waals surface area (Å²) in [5, 5.41) is 0. The highest BCUT2D eigenvalue weighted by atomic mass is 32.1. The van der Waals surface area contributed by atoms with E-state index in [4.69, 9.17) is 0 Å². The van der Waals surface area contributed by atoms with Crippen LogP contribution in [0, 0.1) is 6.92 Å². The molecule has 14 heavy (non-hydrogen) atoms. The maximum atomic E-state index is 4.68. The van der Waals surface area contributed by atoms with Gasteiger partial charge in [-0.1, -0.05) is 12.8 Å². The highest BCUT2D eigenvalue weighted by Gasteiger charge is 2.21. The Morgan fingerprint density at radius 2 is 2.14 bits per heavy atom. The predicted octanol–water partition coefficient (Wildman–Crippen LogP) is 2.85. The second-order valence-electron chi connectivity index (χ2n) is 4.15. The van der Waals surface area contributed by atoms with E-state index in [9.17, 15) is 0 Å². The Bertz CT molecular complexity index is 300. The molecule has 2 rings (SSSR count). The van der Waals surface area contributed by atoms with Crippen molar-refractivity contribution < 1.29 is 0 Å². The zero-order valence-corrected chi connectivity index (χ0v) is 9.61. The molecule has 1 aliphatic carbocycles. The van der Waals surface area contributed by atoms with Gasteiger partial charge >= 0.3 is 0 Å². The number of aryl methyl sites for hydroxylation is 2. The first-order valence-corrected chi connectivity index (χ1v) is 6.10. The van der Waals surface area contributed by atoms with Gasteiger partial charge in [-0.15, -0.1) is 0 Å². The number of H-pyrrole nitrogens is 1. The largest absolute Gasteiger partial charge is 0.346 e. The van der Waals surface area contributed by atoms with Crippen LogP contribution in [0.1, 0.15) is 48.8 Å². The third kappa shape index (κ3) is 1.97. The quantitative estimate of drug-likeness (QED) is 0.738. The lowest BCUT2D eigenvalue weighted by Crippen LogP contribution is -1.95. The number of hydrogen-bond donors (Lipinski definition) is 2. The van der Waals surface area contributed by atoms with Gasteiger partial charge in [-0.05, 0) is 25.5 Å². The third-order valence-corrected chi connectivity index (χ3v) is 3.29. The summed E-state index contributed by atoms with van der Waals surface area (Å²) in [5.74, 6) is 2.70. The van der Waals surface area contributed by atoms with Gasteiger partial charge in [0.25, 0.3) is 0 Å². The van der Waals surface area contributed by atoms with Gasteiger partial charge in [0.05, 0.1) is 5.69 Å². The Morgan fingerprint density at radius 1 is 1.43 bits per heavy atom. The van der Waals surface area contributed by atoms with E-state index in [2.05, 4.69) is 29.5 Å². The molecule has 0 amide bonds. The second kappa shape index (κ2) is 4.39. The van der Waals surface area contributed by atoms with Crippen LogP contribution >= 0.6 is 12.6 Å². The van der Waals surface area contributed by atoms with Crippen molar-refractivity contribution in [3.05, 3.63) is 17.2 Å². The zero-order chi connectivity index (χ0) is 9.97. The molecular formula is C11H18N2S. The van der Waals surface area contributed by atoms with Gasteiger partial charge in [0.1, 0.15) is 5.82 Å². The lowest BCUT2D eigenvalue weighted by Gasteiger charge is -2.05. The maximum absolute atomic E-state index is 4.68. The summed E-state index contributed by atoms with van der Waals surface area (Å²) in [6, 6.07) is 0.